The molecule has 1 rings (SSSR count). The van der Waals surface area contributed by atoms with Crippen molar-refractivity contribution < 1.29 is 4.79 Å². The normalized spacial score (nSPS) is 10.1. The highest BCUT2D eigenvalue weighted by molar-refractivity contribution is 6.33. The topological polar surface area (TPSA) is 44.1 Å². The quantitative estimate of drug-likeness (QED) is 0.754. The molecule has 0 aliphatic carbocycles. The van der Waals surface area contributed by atoms with Gasteiger partial charge in [-0.15, -0.1) is 0 Å². The second-order valence-corrected chi connectivity index (χ2v) is 4.43. The molecule has 0 radical (unpaired) electrons. The van der Waals surface area contributed by atoms with E-state index in [0.717, 1.165) is 12.0 Å². The van der Waals surface area contributed by atoms with Gasteiger partial charge in [-0.25, -0.2) is 0 Å². The molecule has 0 aliphatic rings. The monoisotopic (exact) mass is 250 g/mol. The standard InChI is InChI=1S/C13H15ClN2O/c1-10(2)16(7-3-6-15)13-5-4-11(9-17)8-12(13)14/h4-5,8-10H,3,7H2,1-2H3. The van der Waals surface area contributed by atoms with Crippen LogP contribution in [0.3, 0.4) is 0 Å². The van der Waals surface area contributed by atoms with Crippen molar-refractivity contribution in [2.24, 2.45) is 0 Å². The Morgan fingerprint density at radius 1 is 1.53 bits per heavy atom. The van der Waals surface area contributed by atoms with Gasteiger partial charge in [0.25, 0.3) is 0 Å². The third-order valence-corrected chi connectivity index (χ3v) is 2.81. The molecule has 0 fully saturated rings. The van der Waals surface area contributed by atoms with Gasteiger partial charge in [-0.2, -0.15) is 5.26 Å². The molecule has 0 N–H and O–H groups in total. The number of hydrogen-bond acceptors (Lipinski definition) is 3. The fraction of sp³-hybridized carbons (Fsp3) is 0.385. The van der Waals surface area contributed by atoms with Crippen LogP contribution in [0.15, 0.2) is 18.2 Å². The van der Waals surface area contributed by atoms with Crippen LogP contribution in [0.4, 0.5) is 5.69 Å². The molecule has 4 heteroatoms. The van der Waals surface area contributed by atoms with E-state index in [2.05, 4.69) is 11.0 Å². The summed E-state index contributed by atoms with van der Waals surface area (Å²) >= 11 is 6.14. The van der Waals surface area contributed by atoms with Crippen LogP contribution in [-0.4, -0.2) is 18.9 Å². The molecule has 0 saturated carbocycles. The minimum absolute atomic E-state index is 0.253. The predicted molar refractivity (Wildman–Crippen MR) is 69.6 cm³/mol. The Bertz CT molecular complexity index is 438. The highest BCUT2D eigenvalue weighted by Gasteiger charge is 2.13. The number of carbonyl (C=O) groups excluding carboxylic acids is 1. The highest BCUT2D eigenvalue weighted by atomic mass is 35.5. The van der Waals surface area contributed by atoms with Crippen molar-refractivity contribution in [3.05, 3.63) is 28.8 Å². The maximum absolute atomic E-state index is 10.6. The second-order valence-electron chi connectivity index (χ2n) is 4.02. The van der Waals surface area contributed by atoms with Gasteiger partial charge in [0.1, 0.15) is 6.29 Å². The van der Waals surface area contributed by atoms with Crippen molar-refractivity contribution >= 4 is 23.6 Å². The molecule has 0 spiro atoms. The van der Waals surface area contributed by atoms with E-state index in [0.29, 0.717) is 23.6 Å². The molecule has 17 heavy (non-hydrogen) atoms. The van der Waals surface area contributed by atoms with Gasteiger partial charge in [-0.1, -0.05) is 11.6 Å². The van der Waals surface area contributed by atoms with Crippen LogP contribution in [0, 0.1) is 11.3 Å². The highest BCUT2D eigenvalue weighted by Crippen LogP contribution is 2.28. The summed E-state index contributed by atoms with van der Waals surface area (Å²) in [5, 5.41) is 9.18. The van der Waals surface area contributed by atoms with Crippen LogP contribution in [0.2, 0.25) is 5.02 Å². The summed E-state index contributed by atoms with van der Waals surface area (Å²) in [6.45, 7) is 4.72. The molecule has 1 aromatic carbocycles. The van der Waals surface area contributed by atoms with Crippen molar-refractivity contribution in [2.75, 3.05) is 11.4 Å². The zero-order valence-electron chi connectivity index (χ0n) is 9.98. The fourth-order valence-corrected chi connectivity index (χ4v) is 1.95. The molecule has 0 aliphatic heterocycles. The van der Waals surface area contributed by atoms with E-state index in [1.54, 1.807) is 12.1 Å². The van der Waals surface area contributed by atoms with Crippen molar-refractivity contribution in [1.82, 2.24) is 0 Å². The van der Waals surface area contributed by atoms with Crippen LogP contribution in [0.25, 0.3) is 0 Å². The smallest absolute Gasteiger partial charge is 0.150 e. The summed E-state index contributed by atoms with van der Waals surface area (Å²) in [6, 6.07) is 7.58. The number of benzene rings is 1. The van der Waals surface area contributed by atoms with Gasteiger partial charge < -0.3 is 4.90 Å². The number of aldehydes is 1. The van der Waals surface area contributed by atoms with Gasteiger partial charge in [0.05, 0.1) is 23.2 Å². The van der Waals surface area contributed by atoms with Gasteiger partial charge >= 0.3 is 0 Å². The Balaban J connectivity index is 3.02. The first-order chi connectivity index (χ1) is 8.10. The third kappa shape index (κ3) is 3.47. The Kier molecular flexibility index (Phi) is 4.99. The summed E-state index contributed by atoms with van der Waals surface area (Å²) in [5.41, 5.74) is 1.42. The zero-order chi connectivity index (χ0) is 12.8. The summed E-state index contributed by atoms with van der Waals surface area (Å²) in [5.74, 6) is 0. The number of nitriles is 1. The van der Waals surface area contributed by atoms with Gasteiger partial charge in [0.15, 0.2) is 0 Å². The number of carbonyl (C=O) groups is 1. The summed E-state index contributed by atoms with van der Waals surface area (Å²) in [6.07, 6.45) is 1.22. The number of anilines is 1. The van der Waals surface area contributed by atoms with Crippen LogP contribution in [0.5, 0.6) is 0 Å². The first kappa shape index (κ1) is 13.5. The van der Waals surface area contributed by atoms with E-state index < -0.39 is 0 Å². The van der Waals surface area contributed by atoms with Crippen molar-refractivity contribution in [3.63, 3.8) is 0 Å². The lowest BCUT2D eigenvalue weighted by Gasteiger charge is -2.29. The van der Waals surface area contributed by atoms with Gasteiger partial charge in [0, 0.05) is 18.2 Å². The van der Waals surface area contributed by atoms with Gasteiger partial charge in [0.2, 0.25) is 0 Å². The van der Waals surface area contributed by atoms with E-state index in [1.807, 2.05) is 19.9 Å². The van der Waals surface area contributed by atoms with E-state index in [4.69, 9.17) is 16.9 Å². The first-order valence-corrected chi connectivity index (χ1v) is 5.86. The Labute approximate surface area is 107 Å². The number of halogens is 1. The Morgan fingerprint density at radius 3 is 2.71 bits per heavy atom. The van der Waals surface area contributed by atoms with E-state index in [1.165, 1.54) is 0 Å². The fourth-order valence-electron chi connectivity index (χ4n) is 1.66. The zero-order valence-corrected chi connectivity index (χ0v) is 10.7. The molecular weight excluding hydrogens is 236 g/mol. The Morgan fingerprint density at radius 2 is 2.24 bits per heavy atom. The summed E-state index contributed by atoms with van der Waals surface area (Å²) < 4.78 is 0. The van der Waals surface area contributed by atoms with Crippen LogP contribution in [-0.2, 0) is 0 Å². The average molecular weight is 251 g/mol. The van der Waals surface area contributed by atoms with Crippen LogP contribution < -0.4 is 4.90 Å². The van der Waals surface area contributed by atoms with Crippen LogP contribution >= 0.6 is 11.6 Å². The molecular formula is C13H15ClN2O. The molecule has 0 atom stereocenters. The maximum atomic E-state index is 10.6. The van der Waals surface area contributed by atoms with E-state index >= 15 is 0 Å². The Hall–Kier alpha value is -1.53. The van der Waals surface area contributed by atoms with Gasteiger partial charge in [-0.05, 0) is 32.0 Å². The minimum Gasteiger partial charge on any atom is -0.367 e. The lowest BCUT2D eigenvalue weighted by molar-refractivity contribution is 0.112. The van der Waals surface area contributed by atoms with Crippen molar-refractivity contribution in [1.29, 1.82) is 5.26 Å². The molecule has 0 aromatic heterocycles. The van der Waals surface area contributed by atoms with Gasteiger partial charge in [-0.3, -0.25) is 4.79 Å². The maximum Gasteiger partial charge on any atom is 0.150 e. The molecule has 3 nitrogen and oxygen atoms in total. The van der Waals surface area contributed by atoms with E-state index in [-0.39, 0.29) is 6.04 Å². The second kappa shape index (κ2) is 6.27. The predicted octanol–water partition coefficient (Wildman–Crippen LogP) is 3.28. The summed E-state index contributed by atoms with van der Waals surface area (Å²) in [7, 11) is 0. The SMILES string of the molecule is CC(C)N(CCC#N)c1ccc(C=O)cc1Cl. The van der Waals surface area contributed by atoms with Crippen LogP contribution in [0.1, 0.15) is 30.6 Å². The molecule has 0 unspecified atom stereocenters. The van der Waals surface area contributed by atoms with Crippen molar-refractivity contribution in [2.45, 2.75) is 26.3 Å². The minimum atomic E-state index is 0.253. The lowest BCUT2D eigenvalue weighted by Crippen LogP contribution is -2.31. The lowest BCUT2D eigenvalue weighted by atomic mass is 10.1. The molecule has 0 amide bonds. The number of nitrogens with zero attached hydrogens (tertiary/aromatic N) is 2. The molecule has 0 saturated heterocycles. The molecule has 90 valence electrons. The molecule has 0 heterocycles. The third-order valence-electron chi connectivity index (χ3n) is 2.51. The van der Waals surface area contributed by atoms with E-state index in [9.17, 15) is 4.79 Å². The largest absolute Gasteiger partial charge is 0.367 e. The summed E-state index contributed by atoms with van der Waals surface area (Å²) in [4.78, 5) is 12.7. The first-order valence-electron chi connectivity index (χ1n) is 5.48. The molecule has 1 aromatic rings. The average Bonchev–Trinajstić information content (AvgIpc) is 2.30. The molecule has 0 bridgehead atoms. The number of hydrogen-bond donors (Lipinski definition) is 0. The van der Waals surface area contributed by atoms with Crippen molar-refractivity contribution in [3.8, 4) is 6.07 Å². The number of rotatable bonds is 5.